The van der Waals surface area contributed by atoms with Crippen molar-refractivity contribution in [2.75, 3.05) is 11.9 Å². The Morgan fingerprint density at radius 2 is 1.87 bits per heavy atom. The fourth-order valence-corrected chi connectivity index (χ4v) is 3.11. The van der Waals surface area contributed by atoms with Crippen LogP contribution in [0.3, 0.4) is 0 Å². The summed E-state index contributed by atoms with van der Waals surface area (Å²) in [6.07, 6.45) is 0. The van der Waals surface area contributed by atoms with Gasteiger partial charge in [-0.25, -0.2) is 0 Å². The summed E-state index contributed by atoms with van der Waals surface area (Å²) in [4.78, 5) is 11.8. The second-order valence-corrected chi connectivity index (χ2v) is 6.99. The molecule has 0 aromatic heterocycles. The lowest BCUT2D eigenvalue weighted by Gasteiger charge is -2.11. The SMILES string of the molecule is O=C(COc1ccc(Br)cc1Br)NC(=S)Nc1ccc(Cl)cc1. The van der Waals surface area contributed by atoms with Crippen molar-refractivity contribution >= 4 is 72.4 Å². The van der Waals surface area contributed by atoms with Crippen LogP contribution >= 0.6 is 55.7 Å². The van der Waals surface area contributed by atoms with Crippen LogP contribution in [-0.2, 0) is 4.79 Å². The normalized spacial score (nSPS) is 10.0. The molecule has 0 unspecified atom stereocenters. The van der Waals surface area contributed by atoms with Gasteiger partial charge >= 0.3 is 0 Å². The fourth-order valence-electron chi connectivity index (χ4n) is 1.59. The number of hydrogen-bond donors (Lipinski definition) is 2. The van der Waals surface area contributed by atoms with E-state index >= 15 is 0 Å². The van der Waals surface area contributed by atoms with Gasteiger partial charge in [-0.2, -0.15) is 0 Å². The van der Waals surface area contributed by atoms with E-state index < -0.39 is 0 Å². The third-order valence-electron chi connectivity index (χ3n) is 2.61. The molecular weight excluding hydrogens is 468 g/mol. The third kappa shape index (κ3) is 6.10. The number of carbonyl (C=O) groups is 1. The topological polar surface area (TPSA) is 50.4 Å². The second-order valence-electron chi connectivity index (χ2n) is 4.37. The van der Waals surface area contributed by atoms with Crippen molar-refractivity contribution in [3.8, 4) is 5.75 Å². The van der Waals surface area contributed by atoms with Crippen molar-refractivity contribution in [1.29, 1.82) is 0 Å². The number of nitrogens with one attached hydrogen (secondary N) is 2. The van der Waals surface area contributed by atoms with Gasteiger partial charge in [0.1, 0.15) is 5.75 Å². The molecule has 0 radical (unpaired) electrons. The van der Waals surface area contributed by atoms with Crippen molar-refractivity contribution in [1.82, 2.24) is 5.32 Å². The highest BCUT2D eigenvalue weighted by Gasteiger charge is 2.08. The largest absolute Gasteiger partial charge is 0.483 e. The highest BCUT2D eigenvalue weighted by molar-refractivity contribution is 9.11. The zero-order chi connectivity index (χ0) is 16.8. The van der Waals surface area contributed by atoms with Gasteiger partial charge in [0, 0.05) is 15.2 Å². The Kier molecular flexibility index (Phi) is 6.83. The van der Waals surface area contributed by atoms with E-state index in [9.17, 15) is 4.79 Å². The summed E-state index contributed by atoms with van der Waals surface area (Å²) in [7, 11) is 0. The molecule has 0 saturated heterocycles. The average molecular weight is 479 g/mol. The number of carbonyl (C=O) groups excluding carboxylic acids is 1. The number of hydrogen-bond acceptors (Lipinski definition) is 3. The van der Waals surface area contributed by atoms with Crippen molar-refractivity contribution < 1.29 is 9.53 Å². The van der Waals surface area contributed by atoms with Crippen LogP contribution in [0.25, 0.3) is 0 Å². The molecule has 2 N–H and O–H groups in total. The van der Waals surface area contributed by atoms with Gasteiger partial charge in [-0.1, -0.05) is 27.5 Å². The van der Waals surface area contributed by atoms with Crippen molar-refractivity contribution in [2.24, 2.45) is 0 Å². The van der Waals surface area contributed by atoms with Crippen molar-refractivity contribution in [3.63, 3.8) is 0 Å². The summed E-state index contributed by atoms with van der Waals surface area (Å²) < 4.78 is 7.10. The first-order valence-electron chi connectivity index (χ1n) is 6.38. The molecular formula is C15H11Br2ClN2O2S. The maximum atomic E-state index is 11.8. The quantitative estimate of drug-likeness (QED) is 0.623. The molecule has 4 nitrogen and oxygen atoms in total. The van der Waals surface area contributed by atoms with Crippen LogP contribution in [0.1, 0.15) is 0 Å². The maximum absolute atomic E-state index is 11.8. The van der Waals surface area contributed by atoms with Crippen LogP contribution in [0.2, 0.25) is 5.02 Å². The van der Waals surface area contributed by atoms with Gasteiger partial charge in [0.15, 0.2) is 11.7 Å². The van der Waals surface area contributed by atoms with Gasteiger partial charge < -0.3 is 10.1 Å². The predicted molar refractivity (Wildman–Crippen MR) is 103 cm³/mol. The summed E-state index contributed by atoms with van der Waals surface area (Å²) in [5.41, 5.74) is 0.733. The van der Waals surface area contributed by atoms with Crippen LogP contribution < -0.4 is 15.4 Å². The van der Waals surface area contributed by atoms with Crippen molar-refractivity contribution in [2.45, 2.75) is 0 Å². The number of benzene rings is 2. The second kappa shape index (κ2) is 8.63. The Balaban J connectivity index is 1.82. The van der Waals surface area contributed by atoms with E-state index in [4.69, 9.17) is 28.6 Å². The third-order valence-corrected chi connectivity index (χ3v) is 4.18. The standard InChI is InChI=1S/C15H11Br2ClN2O2S/c16-9-1-6-13(12(17)7-9)22-8-14(21)20-15(23)19-11-4-2-10(18)3-5-11/h1-7H,8H2,(H2,19,20,21,23). The minimum absolute atomic E-state index is 0.150. The van der Waals surface area contributed by atoms with E-state index in [-0.39, 0.29) is 17.6 Å². The van der Waals surface area contributed by atoms with Crippen molar-refractivity contribution in [3.05, 3.63) is 56.4 Å². The van der Waals surface area contributed by atoms with E-state index in [0.29, 0.717) is 10.8 Å². The van der Waals surface area contributed by atoms with Crippen LogP contribution in [0.4, 0.5) is 5.69 Å². The Bertz CT molecular complexity index is 726. The molecule has 1 amide bonds. The molecule has 0 fully saturated rings. The molecule has 120 valence electrons. The Morgan fingerprint density at radius 1 is 1.17 bits per heavy atom. The molecule has 0 atom stereocenters. The number of ether oxygens (including phenoxy) is 1. The van der Waals surface area contributed by atoms with Crippen LogP contribution in [0.15, 0.2) is 51.4 Å². The van der Waals surface area contributed by atoms with Gasteiger partial charge in [0.05, 0.1) is 4.47 Å². The molecule has 0 bridgehead atoms. The first kappa shape index (κ1) is 18.2. The van der Waals surface area contributed by atoms with E-state index in [1.165, 1.54) is 0 Å². The van der Waals surface area contributed by atoms with Crippen LogP contribution in [-0.4, -0.2) is 17.6 Å². The molecule has 8 heteroatoms. The average Bonchev–Trinajstić information content (AvgIpc) is 2.48. The predicted octanol–water partition coefficient (Wildman–Crippen LogP) is 4.76. The molecule has 23 heavy (non-hydrogen) atoms. The Morgan fingerprint density at radius 3 is 2.52 bits per heavy atom. The summed E-state index contributed by atoms with van der Waals surface area (Å²) in [5.74, 6) is 0.214. The smallest absolute Gasteiger partial charge is 0.264 e. The molecule has 2 rings (SSSR count). The van der Waals surface area contributed by atoms with Crippen LogP contribution in [0, 0.1) is 0 Å². The number of thiocarbonyl (C=S) groups is 1. The van der Waals surface area contributed by atoms with E-state index in [0.717, 1.165) is 14.6 Å². The fraction of sp³-hybridized carbons (Fsp3) is 0.0667. The number of amides is 1. The first-order chi connectivity index (χ1) is 10.9. The van der Waals surface area contributed by atoms with E-state index in [2.05, 4.69) is 42.5 Å². The first-order valence-corrected chi connectivity index (χ1v) is 8.75. The van der Waals surface area contributed by atoms with Gasteiger partial charge in [-0.15, -0.1) is 0 Å². The minimum Gasteiger partial charge on any atom is -0.483 e. The molecule has 0 heterocycles. The van der Waals surface area contributed by atoms with Gasteiger partial charge in [-0.05, 0) is 70.6 Å². The maximum Gasteiger partial charge on any atom is 0.264 e. The van der Waals surface area contributed by atoms with Crippen LogP contribution in [0.5, 0.6) is 5.75 Å². The Hall–Kier alpha value is -1.15. The summed E-state index contributed by atoms with van der Waals surface area (Å²) >= 11 is 17.6. The highest BCUT2D eigenvalue weighted by atomic mass is 79.9. The lowest BCUT2D eigenvalue weighted by atomic mass is 10.3. The monoisotopic (exact) mass is 476 g/mol. The minimum atomic E-state index is -0.355. The molecule has 2 aromatic rings. The van der Waals surface area contributed by atoms with Gasteiger partial charge in [-0.3, -0.25) is 10.1 Å². The molecule has 0 spiro atoms. The Labute approximate surface area is 160 Å². The molecule has 2 aromatic carbocycles. The lowest BCUT2D eigenvalue weighted by Crippen LogP contribution is -2.37. The molecule has 0 aliphatic rings. The lowest BCUT2D eigenvalue weighted by molar-refractivity contribution is -0.121. The number of halogens is 3. The zero-order valence-electron chi connectivity index (χ0n) is 11.6. The van der Waals surface area contributed by atoms with Gasteiger partial charge in [0.2, 0.25) is 0 Å². The molecule has 0 aliphatic heterocycles. The highest BCUT2D eigenvalue weighted by Crippen LogP contribution is 2.28. The molecule has 0 saturated carbocycles. The van der Waals surface area contributed by atoms with Gasteiger partial charge in [0.25, 0.3) is 5.91 Å². The van der Waals surface area contributed by atoms with E-state index in [1.807, 2.05) is 12.1 Å². The summed E-state index contributed by atoms with van der Waals surface area (Å²) in [6.45, 7) is -0.150. The summed E-state index contributed by atoms with van der Waals surface area (Å²) in [6, 6.07) is 12.4. The van der Waals surface area contributed by atoms with E-state index in [1.54, 1.807) is 30.3 Å². The molecule has 0 aliphatic carbocycles. The zero-order valence-corrected chi connectivity index (χ0v) is 16.4. The summed E-state index contributed by atoms with van der Waals surface area (Å²) in [5, 5.41) is 6.24. The number of anilines is 1. The number of rotatable bonds is 4.